The van der Waals surface area contributed by atoms with Crippen molar-refractivity contribution in [2.45, 2.75) is 32.8 Å². The Bertz CT molecular complexity index is 687. The summed E-state index contributed by atoms with van der Waals surface area (Å²) in [6, 6.07) is 13.4. The van der Waals surface area contributed by atoms with Gasteiger partial charge in [0.15, 0.2) is 5.96 Å². The van der Waals surface area contributed by atoms with E-state index in [1.54, 1.807) is 13.0 Å². The van der Waals surface area contributed by atoms with E-state index in [-0.39, 0.29) is 30.5 Å². The van der Waals surface area contributed by atoms with E-state index in [1.807, 2.05) is 50.2 Å². The van der Waals surface area contributed by atoms with Crippen LogP contribution in [0.25, 0.3) is 0 Å². The van der Waals surface area contributed by atoms with Crippen LogP contribution < -0.4 is 15.4 Å². The number of aryl methyl sites for hydroxylation is 1. The van der Waals surface area contributed by atoms with Crippen molar-refractivity contribution in [1.82, 2.24) is 10.6 Å². The number of aliphatic imine (C=N–C) groups is 1. The highest BCUT2D eigenvalue weighted by atomic mass is 127. The maximum Gasteiger partial charge on any atom is 0.191 e. The number of hydrogen-bond acceptors (Lipinski definition) is 4. The monoisotopic (exact) mass is 487 g/mol. The Balaban J connectivity index is 0.00000364. The van der Waals surface area contributed by atoms with E-state index in [2.05, 4.69) is 15.6 Å². The average molecular weight is 487 g/mol. The largest absolute Gasteiger partial charge is 0.494 e. The minimum Gasteiger partial charge on any atom is -0.494 e. The molecule has 1 atom stereocenters. The molecule has 0 aliphatic heterocycles. The molecule has 6 nitrogen and oxygen atoms in total. The maximum atomic E-state index is 10.6. The predicted molar refractivity (Wildman–Crippen MR) is 119 cm³/mol. The van der Waals surface area contributed by atoms with Crippen LogP contribution in [0.4, 0.5) is 0 Å². The van der Waals surface area contributed by atoms with Crippen molar-refractivity contribution in [3.8, 4) is 5.75 Å². The Hall–Kier alpha value is -1.74. The molecule has 0 aliphatic carbocycles. The number of furan rings is 1. The lowest BCUT2D eigenvalue weighted by molar-refractivity contribution is 0.0428. The number of nitrogens with zero attached hydrogens (tertiary/aromatic N) is 1. The Kier molecular flexibility index (Phi) is 10.2. The average Bonchev–Trinajstić information content (AvgIpc) is 3.07. The summed E-state index contributed by atoms with van der Waals surface area (Å²) in [5, 5.41) is 17.0. The van der Waals surface area contributed by atoms with Gasteiger partial charge in [0.2, 0.25) is 0 Å². The highest BCUT2D eigenvalue weighted by Gasteiger charge is 2.26. The molecule has 7 heteroatoms. The summed E-state index contributed by atoms with van der Waals surface area (Å²) in [7, 11) is 0. The van der Waals surface area contributed by atoms with E-state index in [0.717, 1.165) is 31.0 Å². The Labute approximate surface area is 178 Å². The number of hydrogen-bond donors (Lipinski definition) is 3. The smallest absolute Gasteiger partial charge is 0.191 e. The summed E-state index contributed by atoms with van der Waals surface area (Å²) in [6.45, 7) is 7.85. The van der Waals surface area contributed by atoms with Gasteiger partial charge in [-0.2, -0.15) is 0 Å². The standard InChI is InChI=1S/C20H29N3O3.HI/c1-4-21-19(22-13-8-14-25-17-9-6-5-7-10-17)23-15-20(3,24)18-12-11-16(2)26-18;/h5-7,9-12,24H,4,8,13-15H2,1-3H3,(H2,21,22,23);1H. The number of benzene rings is 1. The lowest BCUT2D eigenvalue weighted by atomic mass is 10.0. The van der Waals surface area contributed by atoms with Gasteiger partial charge in [0.05, 0.1) is 13.2 Å². The van der Waals surface area contributed by atoms with Crippen LogP contribution in [-0.2, 0) is 5.60 Å². The minimum atomic E-state index is -1.15. The normalized spacial score (nSPS) is 13.4. The van der Waals surface area contributed by atoms with Crippen LogP contribution in [-0.4, -0.2) is 37.3 Å². The zero-order valence-corrected chi connectivity index (χ0v) is 18.5. The van der Waals surface area contributed by atoms with Gasteiger partial charge in [-0.1, -0.05) is 18.2 Å². The second kappa shape index (κ2) is 11.9. The van der Waals surface area contributed by atoms with Crippen molar-refractivity contribution in [3.05, 3.63) is 54.0 Å². The highest BCUT2D eigenvalue weighted by molar-refractivity contribution is 14.0. The van der Waals surface area contributed by atoms with Gasteiger partial charge in [0.1, 0.15) is 22.9 Å². The molecular weight excluding hydrogens is 457 g/mol. The van der Waals surface area contributed by atoms with Crippen molar-refractivity contribution in [2.75, 3.05) is 26.2 Å². The fraction of sp³-hybridized carbons (Fsp3) is 0.450. The summed E-state index contributed by atoms with van der Waals surface area (Å²) in [4.78, 5) is 4.47. The van der Waals surface area contributed by atoms with E-state index < -0.39 is 5.60 Å². The summed E-state index contributed by atoms with van der Waals surface area (Å²) in [6.07, 6.45) is 0.840. The molecule has 0 spiro atoms. The molecule has 2 aromatic rings. The molecule has 0 bridgehead atoms. The molecule has 3 N–H and O–H groups in total. The fourth-order valence-electron chi connectivity index (χ4n) is 2.36. The number of aliphatic hydroxyl groups is 1. The summed E-state index contributed by atoms with van der Waals surface area (Å²) in [5.74, 6) is 2.83. The van der Waals surface area contributed by atoms with Crippen LogP contribution >= 0.6 is 24.0 Å². The zero-order chi connectivity index (χ0) is 18.8. The van der Waals surface area contributed by atoms with Crippen LogP contribution in [0.2, 0.25) is 0 Å². The van der Waals surface area contributed by atoms with E-state index in [1.165, 1.54) is 0 Å². The third-order valence-electron chi connectivity index (χ3n) is 3.79. The van der Waals surface area contributed by atoms with Crippen molar-refractivity contribution in [3.63, 3.8) is 0 Å². The van der Waals surface area contributed by atoms with Crippen molar-refractivity contribution < 1.29 is 14.3 Å². The van der Waals surface area contributed by atoms with Gasteiger partial charge in [-0.25, -0.2) is 4.99 Å². The molecule has 0 saturated heterocycles. The van der Waals surface area contributed by atoms with Crippen molar-refractivity contribution in [1.29, 1.82) is 0 Å². The van der Waals surface area contributed by atoms with Gasteiger partial charge < -0.3 is 24.9 Å². The van der Waals surface area contributed by atoms with E-state index in [4.69, 9.17) is 9.15 Å². The first kappa shape index (κ1) is 23.3. The van der Waals surface area contributed by atoms with E-state index >= 15 is 0 Å². The Morgan fingerprint density at radius 1 is 1.19 bits per heavy atom. The SMILES string of the molecule is CCNC(=NCC(C)(O)c1ccc(C)o1)NCCCOc1ccccc1.I. The second-order valence-corrected chi connectivity index (χ2v) is 6.32. The van der Waals surface area contributed by atoms with Crippen LogP contribution in [0, 0.1) is 6.92 Å². The first-order chi connectivity index (χ1) is 12.5. The number of rotatable bonds is 9. The zero-order valence-electron chi connectivity index (χ0n) is 16.2. The number of para-hydroxylation sites is 1. The van der Waals surface area contributed by atoms with Crippen LogP contribution in [0.1, 0.15) is 31.8 Å². The number of guanidine groups is 1. The molecule has 0 radical (unpaired) electrons. The molecule has 2 rings (SSSR count). The summed E-state index contributed by atoms with van der Waals surface area (Å²) >= 11 is 0. The van der Waals surface area contributed by atoms with E-state index in [0.29, 0.717) is 18.3 Å². The van der Waals surface area contributed by atoms with Gasteiger partial charge in [-0.15, -0.1) is 24.0 Å². The van der Waals surface area contributed by atoms with Gasteiger partial charge in [0, 0.05) is 13.1 Å². The Morgan fingerprint density at radius 3 is 2.56 bits per heavy atom. The molecule has 0 saturated carbocycles. The lowest BCUT2D eigenvalue weighted by Crippen LogP contribution is -2.39. The molecule has 0 amide bonds. The molecule has 1 heterocycles. The van der Waals surface area contributed by atoms with Crippen LogP contribution in [0.5, 0.6) is 5.75 Å². The molecule has 1 aromatic heterocycles. The molecule has 0 fully saturated rings. The molecule has 1 aromatic carbocycles. The second-order valence-electron chi connectivity index (χ2n) is 6.32. The molecule has 27 heavy (non-hydrogen) atoms. The van der Waals surface area contributed by atoms with Crippen LogP contribution in [0.3, 0.4) is 0 Å². The molecule has 1 unspecified atom stereocenters. The van der Waals surface area contributed by atoms with Gasteiger partial charge >= 0.3 is 0 Å². The molecule has 0 aliphatic rings. The number of ether oxygens (including phenoxy) is 1. The van der Waals surface area contributed by atoms with Gasteiger partial charge in [-0.3, -0.25) is 0 Å². The summed E-state index contributed by atoms with van der Waals surface area (Å²) in [5.41, 5.74) is -1.15. The first-order valence-electron chi connectivity index (χ1n) is 9.00. The summed E-state index contributed by atoms with van der Waals surface area (Å²) < 4.78 is 11.2. The predicted octanol–water partition coefficient (Wildman–Crippen LogP) is 3.44. The number of nitrogens with one attached hydrogen (secondary N) is 2. The maximum absolute atomic E-state index is 10.6. The lowest BCUT2D eigenvalue weighted by Gasteiger charge is -2.19. The van der Waals surface area contributed by atoms with Crippen LogP contribution in [0.15, 0.2) is 51.9 Å². The number of halogens is 1. The van der Waals surface area contributed by atoms with Crippen molar-refractivity contribution >= 4 is 29.9 Å². The van der Waals surface area contributed by atoms with Gasteiger partial charge in [0.25, 0.3) is 0 Å². The van der Waals surface area contributed by atoms with Gasteiger partial charge in [-0.05, 0) is 51.5 Å². The third kappa shape index (κ3) is 8.21. The third-order valence-corrected chi connectivity index (χ3v) is 3.79. The Morgan fingerprint density at radius 2 is 1.93 bits per heavy atom. The quantitative estimate of drug-likeness (QED) is 0.219. The first-order valence-corrected chi connectivity index (χ1v) is 9.00. The molecular formula is C20H30IN3O3. The fourth-order valence-corrected chi connectivity index (χ4v) is 2.36. The van der Waals surface area contributed by atoms with E-state index in [9.17, 15) is 5.11 Å². The van der Waals surface area contributed by atoms with Crippen molar-refractivity contribution in [2.24, 2.45) is 4.99 Å². The molecule has 150 valence electrons. The minimum absolute atomic E-state index is 0. The highest BCUT2D eigenvalue weighted by Crippen LogP contribution is 2.23. The topological polar surface area (TPSA) is 79.0 Å².